The van der Waals surface area contributed by atoms with E-state index in [0.29, 0.717) is 36.0 Å². The number of hydrogen-bond donors (Lipinski definition) is 1. The van der Waals surface area contributed by atoms with Gasteiger partial charge in [-0.25, -0.2) is 4.98 Å². The van der Waals surface area contributed by atoms with Gasteiger partial charge in [0, 0.05) is 44.8 Å². The molecule has 0 bridgehead atoms. The SMILES string of the molecule is COc1ccc(OC)c(-c2ccc(C(=O)N3CCC[C@@H](O)C3)c(N3CCN(C)CC3)n2)c1. The molecule has 2 fully saturated rings. The number of anilines is 1. The van der Waals surface area contributed by atoms with E-state index in [1.807, 2.05) is 30.3 Å². The number of likely N-dealkylation sites (N-methyl/N-ethyl adjacent to an activating group) is 1. The van der Waals surface area contributed by atoms with Crippen LogP contribution in [0, 0.1) is 0 Å². The van der Waals surface area contributed by atoms with Gasteiger partial charge in [-0.3, -0.25) is 4.79 Å². The van der Waals surface area contributed by atoms with E-state index < -0.39 is 6.10 Å². The van der Waals surface area contributed by atoms with Gasteiger partial charge in [0.05, 0.1) is 31.6 Å². The summed E-state index contributed by atoms with van der Waals surface area (Å²) in [5, 5.41) is 10.1. The number of amides is 1. The van der Waals surface area contributed by atoms with Crippen LogP contribution in [0.5, 0.6) is 11.5 Å². The van der Waals surface area contributed by atoms with Crippen molar-refractivity contribution in [2.45, 2.75) is 18.9 Å². The van der Waals surface area contributed by atoms with E-state index in [2.05, 4.69) is 16.8 Å². The summed E-state index contributed by atoms with van der Waals surface area (Å²) in [6.07, 6.45) is 1.08. The summed E-state index contributed by atoms with van der Waals surface area (Å²) in [7, 11) is 5.36. The number of carbonyl (C=O) groups excluding carboxylic acids is 1. The van der Waals surface area contributed by atoms with Crippen molar-refractivity contribution in [3.8, 4) is 22.8 Å². The predicted molar refractivity (Wildman–Crippen MR) is 124 cm³/mol. The average Bonchev–Trinajstić information content (AvgIpc) is 2.83. The fraction of sp³-hybridized carbons (Fsp3) is 0.500. The number of rotatable bonds is 5. The van der Waals surface area contributed by atoms with Crippen LogP contribution in [-0.4, -0.2) is 92.4 Å². The lowest BCUT2D eigenvalue weighted by Crippen LogP contribution is -2.46. The van der Waals surface area contributed by atoms with Gasteiger partial charge in [0.1, 0.15) is 17.3 Å². The molecule has 2 aliphatic rings. The van der Waals surface area contributed by atoms with E-state index in [1.54, 1.807) is 19.1 Å². The Morgan fingerprint density at radius 2 is 1.84 bits per heavy atom. The Balaban J connectivity index is 1.75. The number of aliphatic hydroxyl groups excluding tert-OH is 1. The van der Waals surface area contributed by atoms with E-state index >= 15 is 0 Å². The molecule has 8 nitrogen and oxygen atoms in total. The first-order chi connectivity index (χ1) is 15.5. The minimum Gasteiger partial charge on any atom is -0.497 e. The Morgan fingerprint density at radius 1 is 1.06 bits per heavy atom. The minimum atomic E-state index is -0.465. The highest BCUT2D eigenvalue weighted by molar-refractivity contribution is 5.99. The molecule has 8 heteroatoms. The van der Waals surface area contributed by atoms with E-state index in [1.165, 1.54) is 0 Å². The number of likely N-dealkylation sites (tertiary alicyclic amines) is 1. The molecule has 1 amide bonds. The fourth-order valence-electron chi connectivity index (χ4n) is 4.35. The second kappa shape index (κ2) is 9.75. The Bertz CT molecular complexity index is 959. The highest BCUT2D eigenvalue weighted by Crippen LogP contribution is 2.34. The summed E-state index contributed by atoms with van der Waals surface area (Å²) in [5.74, 6) is 2.02. The number of ether oxygens (including phenoxy) is 2. The lowest BCUT2D eigenvalue weighted by atomic mass is 10.0. The topological polar surface area (TPSA) is 78.4 Å². The number of carbonyl (C=O) groups is 1. The number of benzene rings is 1. The number of β-amino-alcohol motifs (C(OH)–C–C–N with tert-alkyl or cyclic N) is 1. The van der Waals surface area contributed by atoms with Crippen molar-refractivity contribution in [2.24, 2.45) is 0 Å². The standard InChI is InChI=1S/C24H32N4O4/c1-26-11-13-27(14-12-26)23-19(24(30)28-10-4-5-17(29)16-28)7-8-21(25-23)20-15-18(31-2)6-9-22(20)32-3/h6-9,15,17,29H,4-5,10-14,16H2,1-3H3/t17-/m1/s1. The van der Waals surface area contributed by atoms with Crippen LogP contribution >= 0.6 is 0 Å². The number of aliphatic hydroxyl groups is 1. The van der Waals surface area contributed by atoms with Gasteiger partial charge in [0.2, 0.25) is 0 Å². The summed E-state index contributed by atoms with van der Waals surface area (Å²) in [6, 6.07) is 9.34. The first-order valence-corrected chi connectivity index (χ1v) is 11.1. The molecule has 0 unspecified atom stereocenters. The molecule has 0 aliphatic carbocycles. The zero-order chi connectivity index (χ0) is 22.7. The maximum Gasteiger partial charge on any atom is 0.257 e. The maximum atomic E-state index is 13.4. The third kappa shape index (κ3) is 4.66. The van der Waals surface area contributed by atoms with Crippen molar-refractivity contribution in [2.75, 3.05) is 65.4 Å². The molecular weight excluding hydrogens is 408 g/mol. The molecule has 4 rings (SSSR count). The first-order valence-electron chi connectivity index (χ1n) is 11.1. The predicted octanol–water partition coefficient (Wildman–Crippen LogP) is 2.11. The third-order valence-corrected chi connectivity index (χ3v) is 6.27. The van der Waals surface area contributed by atoms with Gasteiger partial charge in [-0.1, -0.05) is 0 Å². The Hall–Kier alpha value is -2.84. The van der Waals surface area contributed by atoms with Crippen molar-refractivity contribution in [3.05, 3.63) is 35.9 Å². The van der Waals surface area contributed by atoms with Crippen LogP contribution in [0.3, 0.4) is 0 Å². The van der Waals surface area contributed by atoms with Crippen LogP contribution in [0.25, 0.3) is 11.3 Å². The molecule has 2 saturated heterocycles. The molecule has 2 aromatic rings. The highest BCUT2D eigenvalue weighted by atomic mass is 16.5. The van der Waals surface area contributed by atoms with Crippen LogP contribution in [0.15, 0.2) is 30.3 Å². The summed E-state index contributed by atoms with van der Waals surface area (Å²) >= 11 is 0. The molecule has 0 saturated carbocycles. The number of aromatic nitrogens is 1. The molecule has 1 aromatic heterocycles. The summed E-state index contributed by atoms with van der Waals surface area (Å²) in [6.45, 7) is 4.43. The molecule has 0 spiro atoms. The number of piperazine rings is 1. The van der Waals surface area contributed by atoms with Gasteiger partial charge in [0.15, 0.2) is 0 Å². The van der Waals surface area contributed by atoms with Crippen LogP contribution in [-0.2, 0) is 0 Å². The van der Waals surface area contributed by atoms with E-state index in [9.17, 15) is 9.90 Å². The highest BCUT2D eigenvalue weighted by Gasteiger charge is 2.28. The number of methoxy groups -OCH3 is 2. The normalized spacial score (nSPS) is 19.7. The summed E-state index contributed by atoms with van der Waals surface area (Å²) < 4.78 is 11.0. The Kier molecular flexibility index (Phi) is 6.81. The average molecular weight is 441 g/mol. The summed E-state index contributed by atoms with van der Waals surface area (Å²) in [4.78, 5) is 24.6. The minimum absolute atomic E-state index is 0.0747. The van der Waals surface area contributed by atoms with Gasteiger partial charge in [0.25, 0.3) is 5.91 Å². The molecule has 0 radical (unpaired) electrons. The fourth-order valence-corrected chi connectivity index (χ4v) is 4.35. The van der Waals surface area contributed by atoms with Crippen LogP contribution in [0.1, 0.15) is 23.2 Å². The van der Waals surface area contributed by atoms with Crippen molar-refractivity contribution < 1.29 is 19.4 Å². The molecule has 172 valence electrons. The molecular formula is C24H32N4O4. The monoisotopic (exact) mass is 440 g/mol. The van der Waals surface area contributed by atoms with Crippen LogP contribution in [0.2, 0.25) is 0 Å². The number of hydrogen-bond acceptors (Lipinski definition) is 7. The Morgan fingerprint density at radius 3 is 2.53 bits per heavy atom. The molecule has 3 heterocycles. The lowest BCUT2D eigenvalue weighted by molar-refractivity contribution is 0.0474. The zero-order valence-electron chi connectivity index (χ0n) is 19.1. The van der Waals surface area contributed by atoms with E-state index in [4.69, 9.17) is 14.5 Å². The zero-order valence-corrected chi connectivity index (χ0v) is 19.1. The molecule has 2 aliphatic heterocycles. The molecule has 1 aromatic carbocycles. The van der Waals surface area contributed by atoms with Crippen LogP contribution < -0.4 is 14.4 Å². The Labute approximate surface area is 189 Å². The van der Waals surface area contributed by atoms with Crippen molar-refractivity contribution in [1.82, 2.24) is 14.8 Å². The van der Waals surface area contributed by atoms with Gasteiger partial charge < -0.3 is 29.3 Å². The largest absolute Gasteiger partial charge is 0.497 e. The van der Waals surface area contributed by atoms with Crippen LogP contribution in [0.4, 0.5) is 5.82 Å². The quantitative estimate of drug-likeness (QED) is 0.763. The molecule has 1 N–H and O–H groups in total. The van der Waals surface area contributed by atoms with Gasteiger partial charge >= 0.3 is 0 Å². The maximum absolute atomic E-state index is 13.4. The second-order valence-electron chi connectivity index (χ2n) is 8.47. The van der Waals surface area contributed by atoms with E-state index in [-0.39, 0.29) is 5.91 Å². The number of pyridine rings is 1. The number of nitrogens with zero attached hydrogens (tertiary/aromatic N) is 4. The third-order valence-electron chi connectivity index (χ3n) is 6.27. The number of piperidine rings is 1. The van der Waals surface area contributed by atoms with Crippen molar-refractivity contribution in [3.63, 3.8) is 0 Å². The molecule has 1 atom stereocenters. The molecule has 32 heavy (non-hydrogen) atoms. The lowest BCUT2D eigenvalue weighted by Gasteiger charge is -2.35. The van der Waals surface area contributed by atoms with Crippen molar-refractivity contribution >= 4 is 11.7 Å². The van der Waals surface area contributed by atoms with Crippen molar-refractivity contribution in [1.29, 1.82) is 0 Å². The smallest absolute Gasteiger partial charge is 0.257 e. The second-order valence-corrected chi connectivity index (χ2v) is 8.47. The summed E-state index contributed by atoms with van der Waals surface area (Å²) in [5.41, 5.74) is 2.12. The first kappa shape index (κ1) is 22.4. The van der Waals surface area contributed by atoms with Gasteiger partial charge in [-0.2, -0.15) is 0 Å². The van der Waals surface area contributed by atoms with Gasteiger partial charge in [-0.15, -0.1) is 0 Å². The van der Waals surface area contributed by atoms with Gasteiger partial charge in [-0.05, 0) is 50.2 Å². The van der Waals surface area contributed by atoms with E-state index in [0.717, 1.165) is 50.3 Å².